The Labute approximate surface area is 161 Å². The molecule has 2 atom stereocenters. The summed E-state index contributed by atoms with van der Waals surface area (Å²) in [7, 11) is 0. The van der Waals surface area contributed by atoms with Gasteiger partial charge < -0.3 is 4.74 Å². The van der Waals surface area contributed by atoms with Crippen molar-refractivity contribution in [2.75, 3.05) is 0 Å². The number of halogens is 3. The molecule has 1 heterocycles. The van der Waals surface area contributed by atoms with Crippen molar-refractivity contribution < 1.29 is 17.9 Å². The van der Waals surface area contributed by atoms with Crippen LogP contribution in [-0.4, -0.2) is 12.3 Å². The molecule has 1 aliphatic heterocycles. The number of fused-ring (bicyclic) bond motifs is 1. The molecule has 1 aromatic carbocycles. The summed E-state index contributed by atoms with van der Waals surface area (Å²) in [6.07, 6.45) is 4.26. The molecule has 152 valence electrons. The van der Waals surface area contributed by atoms with Crippen molar-refractivity contribution in [2.45, 2.75) is 90.5 Å². The van der Waals surface area contributed by atoms with Gasteiger partial charge in [0.1, 0.15) is 0 Å². The predicted octanol–water partition coefficient (Wildman–Crippen LogP) is 6.87. The van der Waals surface area contributed by atoms with Gasteiger partial charge in [0.05, 0.1) is 6.61 Å². The Morgan fingerprint density at radius 3 is 2.52 bits per heavy atom. The molecule has 1 fully saturated rings. The normalized spacial score (nSPS) is 27.2. The van der Waals surface area contributed by atoms with Crippen molar-refractivity contribution in [2.24, 2.45) is 17.8 Å². The van der Waals surface area contributed by atoms with E-state index in [0.717, 1.165) is 35.3 Å². The van der Waals surface area contributed by atoms with Crippen LogP contribution in [0.15, 0.2) is 18.2 Å². The Morgan fingerprint density at radius 1 is 1.11 bits per heavy atom. The van der Waals surface area contributed by atoms with Gasteiger partial charge in [-0.05, 0) is 60.1 Å². The van der Waals surface area contributed by atoms with Crippen molar-refractivity contribution in [1.29, 1.82) is 0 Å². The molecule has 27 heavy (non-hydrogen) atoms. The molecule has 1 saturated carbocycles. The summed E-state index contributed by atoms with van der Waals surface area (Å²) in [5, 5.41) is 0. The van der Waals surface area contributed by atoms with Crippen molar-refractivity contribution in [3.8, 4) is 0 Å². The minimum atomic E-state index is -4.27. The molecule has 1 nitrogen and oxygen atoms in total. The molecular formula is C23H33F3O. The Balaban J connectivity index is 1.48. The van der Waals surface area contributed by atoms with Gasteiger partial charge in [0.15, 0.2) is 6.10 Å². The first-order valence-corrected chi connectivity index (χ1v) is 10.7. The third kappa shape index (κ3) is 5.49. The minimum absolute atomic E-state index is 0.0565. The van der Waals surface area contributed by atoms with Crippen molar-refractivity contribution in [3.63, 3.8) is 0 Å². The SMILES string of the molecule is CCCC(C)C1CCC(CCc2ccc3c(c2)COC(C(F)(F)F)C3)CC1. The zero-order chi connectivity index (χ0) is 19.4. The highest BCUT2D eigenvalue weighted by molar-refractivity contribution is 5.33. The van der Waals surface area contributed by atoms with Crippen molar-refractivity contribution >= 4 is 0 Å². The highest BCUT2D eigenvalue weighted by Gasteiger charge is 2.42. The second kappa shape index (κ2) is 8.98. The number of hydrogen-bond donors (Lipinski definition) is 0. The number of benzene rings is 1. The lowest BCUT2D eigenvalue weighted by Gasteiger charge is -2.32. The van der Waals surface area contributed by atoms with Crippen LogP contribution in [-0.2, 0) is 24.2 Å². The van der Waals surface area contributed by atoms with Crippen LogP contribution in [0.1, 0.15) is 75.5 Å². The molecule has 0 bridgehead atoms. The van der Waals surface area contributed by atoms with Crippen molar-refractivity contribution in [1.82, 2.24) is 0 Å². The van der Waals surface area contributed by atoms with Gasteiger partial charge in [0.25, 0.3) is 0 Å². The van der Waals surface area contributed by atoms with E-state index in [0.29, 0.717) is 0 Å². The van der Waals surface area contributed by atoms with Gasteiger partial charge >= 0.3 is 6.18 Å². The summed E-state index contributed by atoms with van der Waals surface area (Å²) < 4.78 is 43.6. The molecule has 3 rings (SSSR count). The summed E-state index contributed by atoms with van der Waals surface area (Å²) in [5.74, 6) is 2.57. The zero-order valence-corrected chi connectivity index (χ0v) is 16.7. The Morgan fingerprint density at radius 2 is 1.85 bits per heavy atom. The van der Waals surface area contributed by atoms with Crippen molar-refractivity contribution in [3.05, 3.63) is 34.9 Å². The molecule has 0 amide bonds. The van der Waals surface area contributed by atoms with Crippen LogP contribution in [0.5, 0.6) is 0 Å². The Kier molecular flexibility index (Phi) is 6.88. The fourth-order valence-corrected chi connectivity index (χ4v) is 4.94. The quantitative estimate of drug-likeness (QED) is 0.522. The van der Waals surface area contributed by atoms with Gasteiger partial charge in [-0.2, -0.15) is 13.2 Å². The molecule has 0 spiro atoms. The lowest BCUT2D eigenvalue weighted by molar-refractivity contribution is -0.226. The molecular weight excluding hydrogens is 349 g/mol. The first kappa shape index (κ1) is 20.7. The number of ether oxygens (including phenoxy) is 1. The molecule has 2 unspecified atom stereocenters. The van der Waals surface area contributed by atoms with Crippen LogP contribution >= 0.6 is 0 Å². The summed E-state index contributed by atoms with van der Waals surface area (Å²) in [5.41, 5.74) is 2.96. The third-order valence-electron chi connectivity index (χ3n) is 6.76. The minimum Gasteiger partial charge on any atom is -0.364 e. The Bertz CT molecular complexity index is 602. The van der Waals surface area contributed by atoms with Crippen LogP contribution in [0.3, 0.4) is 0 Å². The topological polar surface area (TPSA) is 9.23 Å². The molecule has 4 heteroatoms. The summed E-state index contributed by atoms with van der Waals surface area (Å²) in [4.78, 5) is 0. The van der Waals surface area contributed by atoms with E-state index in [1.54, 1.807) is 0 Å². The maximum atomic E-state index is 12.8. The average Bonchev–Trinajstić information content (AvgIpc) is 2.65. The number of alkyl halides is 3. The van der Waals surface area contributed by atoms with E-state index < -0.39 is 12.3 Å². The van der Waals surface area contributed by atoms with Gasteiger partial charge in [0, 0.05) is 6.42 Å². The van der Waals surface area contributed by atoms with E-state index in [-0.39, 0.29) is 13.0 Å². The molecule has 2 aliphatic rings. The standard InChI is InChI=1S/C23H33F3O/c1-3-4-16(2)19-10-7-17(8-11-19)5-6-18-9-12-20-14-22(23(24,25)26)27-15-21(20)13-18/h9,12-13,16-17,19,22H,3-8,10-11,14-15H2,1-2H3. The van der Waals surface area contributed by atoms with Gasteiger partial charge in [-0.25, -0.2) is 0 Å². The van der Waals surface area contributed by atoms with Crippen LogP contribution < -0.4 is 0 Å². The Hall–Kier alpha value is -1.03. The average molecular weight is 383 g/mol. The second-order valence-corrected chi connectivity index (χ2v) is 8.73. The fourth-order valence-electron chi connectivity index (χ4n) is 4.94. The van der Waals surface area contributed by atoms with Crippen LogP contribution in [0.4, 0.5) is 13.2 Å². The third-order valence-corrected chi connectivity index (χ3v) is 6.76. The highest BCUT2D eigenvalue weighted by Crippen LogP contribution is 2.37. The van der Waals surface area contributed by atoms with E-state index in [1.807, 2.05) is 12.1 Å². The summed E-state index contributed by atoms with van der Waals surface area (Å²) in [6, 6.07) is 5.97. The smallest absolute Gasteiger partial charge is 0.364 e. The number of hydrogen-bond acceptors (Lipinski definition) is 1. The van der Waals surface area contributed by atoms with E-state index in [9.17, 15) is 13.2 Å². The predicted molar refractivity (Wildman–Crippen MR) is 103 cm³/mol. The zero-order valence-electron chi connectivity index (χ0n) is 16.7. The second-order valence-electron chi connectivity index (χ2n) is 8.73. The molecule has 0 radical (unpaired) electrons. The summed E-state index contributed by atoms with van der Waals surface area (Å²) >= 11 is 0. The summed E-state index contributed by atoms with van der Waals surface area (Å²) in [6.45, 7) is 4.76. The van der Waals surface area contributed by atoms with E-state index in [4.69, 9.17) is 4.74 Å². The van der Waals surface area contributed by atoms with Gasteiger partial charge in [-0.1, -0.05) is 57.7 Å². The largest absolute Gasteiger partial charge is 0.414 e. The fraction of sp³-hybridized carbons (Fsp3) is 0.739. The maximum Gasteiger partial charge on any atom is 0.414 e. The van der Waals surface area contributed by atoms with Crippen LogP contribution in [0.2, 0.25) is 0 Å². The maximum absolute atomic E-state index is 12.8. The molecule has 0 N–H and O–H groups in total. The first-order chi connectivity index (χ1) is 12.9. The monoisotopic (exact) mass is 382 g/mol. The van der Waals surface area contributed by atoms with Gasteiger partial charge in [-0.15, -0.1) is 0 Å². The molecule has 1 aliphatic carbocycles. The van der Waals surface area contributed by atoms with Gasteiger partial charge in [0.2, 0.25) is 0 Å². The highest BCUT2D eigenvalue weighted by atomic mass is 19.4. The molecule has 1 aromatic rings. The first-order valence-electron chi connectivity index (χ1n) is 10.7. The van der Waals surface area contributed by atoms with E-state index in [2.05, 4.69) is 19.9 Å². The number of aryl methyl sites for hydroxylation is 1. The lowest BCUT2D eigenvalue weighted by atomic mass is 9.74. The van der Waals surface area contributed by atoms with Crippen LogP contribution in [0.25, 0.3) is 0 Å². The number of rotatable bonds is 6. The lowest BCUT2D eigenvalue weighted by Crippen LogP contribution is -2.36. The molecule has 0 aromatic heterocycles. The van der Waals surface area contributed by atoms with Crippen LogP contribution in [0, 0.1) is 17.8 Å². The molecule has 0 saturated heterocycles. The van der Waals surface area contributed by atoms with Gasteiger partial charge in [-0.3, -0.25) is 0 Å². The van der Waals surface area contributed by atoms with E-state index >= 15 is 0 Å². The van der Waals surface area contributed by atoms with E-state index in [1.165, 1.54) is 50.5 Å².